The van der Waals surface area contributed by atoms with Crippen molar-refractivity contribution in [2.75, 3.05) is 0 Å². The van der Waals surface area contributed by atoms with Crippen LogP contribution in [0.4, 0.5) is 0 Å². The molecule has 0 aliphatic heterocycles. The molecule has 0 amide bonds. The second-order valence-electron chi connectivity index (χ2n) is 7.71. The number of para-hydroxylation sites is 3. The minimum absolute atomic E-state index is 1.00. The van der Waals surface area contributed by atoms with Gasteiger partial charge in [-0.25, -0.2) is 4.98 Å². The molecule has 0 aliphatic carbocycles. The zero-order chi connectivity index (χ0) is 19.7. The summed E-state index contributed by atoms with van der Waals surface area (Å²) in [6.07, 6.45) is 3.96. The molecule has 0 N–H and O–H groups in total. The maximum atomic E-state index is 4.79. The Bertz CT molecular complexity index is 1740. The van der Waals surface area contributed by atoms with Gasteiger partial charge in [-0.3, -0.25) is 4.40 Å². The van der Waals surface area contributed by atoms with Crippen molar-refractivity contribution >= 4 is 49.1 Å². The minimum atomic E-state index is 1.00. The highest BCUT2D eigenvalue weighted by Crippen LogP contribution is 2.40. The number of benzene rings is 4. The summed E-state index contributed by atoms with van der Waals surface area (Å²) in [6.45, 7) is 0. The number of pyridine rings is 1. The highest BCUT2D eigenvalue weighted by Gasteiger charge is 2.18. The predicted octanol–water partition coefficient (Wildman–Crippen LogP) is 6.74. The van der Waals surface area contributed by atoms with E-state index in [4.69, 9.17) is 4.98 Å². The van der Waals surface area contributed by atoms with Gasteiger partial charge in [-0.1, -0.05) is 60.7 Å². The van der Waals surface area contributed by atoms with Gasteiger partial charge in [0, 0.05) is 39.6 Å². The number of nitrogens with zero attached hydrogens (tertiary/aromatic N) is 3. The lowest BCUT2D eigenvalue weighted by Gasteiger charge is -2.11. The average Bonchev–Trinajstić information content (AvgIpc) is 3.43. The lowest BCUT2D eigenvalue weighted by atomic mass is 10.0. The van der Waals surface area contributed by atoms with Crippen molar-refractivity contribution in [3.05, 3.63) is 103 Å². The van der Waals surface area contributed by atoms with Gasteiger partial charge in [0.15, 0.2) is 0 Å². The van der Waals surface area contributed by atoms with Gasteiger partial charge in [-0.05, 0) is 35.7 Å². The highest BCUT2D eigenvalue weighted by molar-refractivity contribution is 6.28. The lowest BCUT2D eigenvalue weighted by Crippen LogP contribution is -1.94. The second kappa shape index (κ2) is 5.71. The molecule has 0 bridgehead atoms. The number of aromatic nitrogens is 3. The standard InChI is InChI=1S/C27H17N3/c1-2-8-18(9-3-1)30-23-13-7-5-11-21(23)25-24(30)15-14-20-19-10-4-6-12-22(19)29-17-16-28-27(29)26(20)25/h1-17H. The van der Waals surface area contributed by atoms with E-state index in [9.17, 15) is 0 Å². The monoisotopic (exact) mass is 383 g/mol. The third-order valence-corrected chi connectivity index (χ3v) is 6.17. The van der Waals surface area contributed by atoms with Crippen LogP contribution in [0.2, 0.25) is 0 Å². The molecule has 7 aromatic rings. The van der Waals surface area contributed by atoms with Crippen molar-refractivity contribution in [3.8, 4) is 5.69 Å². The Morgan fingerprint density at radius 3 is 2.13 bits per heavy atom. The molecule has 0 saturated heterocycles. The molecule has 0 fully saturated rings. The summed E-state index contributed by atoms with van der Waals surface area (Å²) in [7, 11) is 0. The first kappa shape index (κ1) is 15.8. The van der Waals surface area contributed by atoms with Gasteiger partial charge in [0.2, 0.25) is 0 Å². The zero-order valence-electron chi connectivity index (χ0n) is 16.2. The van der Waals surface area contributed by atoms with E-state index in [2.05, 4.69) is 106 Å². The summed E-state index contributed by atoms with van der Waals surface area (Å²) in [4.78, 5) is 4.79. The molecule has 7 rings (SSSR count). The molecular formula is C27H17N3. The third-order valence-electron chi connectivity index (χ3n) is 6.17. The van der Waals surface area contributed by atoms with E-state index in [0.29, 0.717) is 0 Å². The molecule has 3 aromatic heterocycles. The minimum Gasteiger partial charge on any atom is -0.309 e. The third kappa shape index (κ3) is 1.91. The summed E-state index contributed by atoms with van der Waals surface area (Å²) in [5, 5.41) is 6.21. The van der Waals surface area contributed by atoms with Gasteiger partial charge in [-0.2, -0.15) is 0 Å². The molecule has 0 spiro atoms. The van der Waals surface area contributed by atoms with Crippen LogP contribution >= 0.6 is 0 Å². The fourth-order valence-corrected chi connectivity index (χ4v) is 4.97. The molecular weight excluding hydrogens is 366 g/mol. The number of hydrogen-bond donors (Lipinski definition) is 0. The highest BCUT2D eigenvalue weighted by atomic mass is 15.0. The van der Waals surface area contributed by atoms with E-state index in [0.717, 1.165) is 5.65 Å². The topological polar surface area (TPSA) is 22.2 Å². The second-order valence-corrected chi connectivity index (χ2v) is 7.71. The van der Waals surface area contributed by atoms with Gasteiger partial charge in [0.05, 0.1) is 16.6 Å². The van der Waals surface area contributed by atoms with E-state index >= 15 is 0 Å². The Morgan fingerprint density at radius 2 is 1.27 bits per heavy atom. The Kier molecular flexibility index (Phi) is 3.00. The summed E-state index contributed by atoms with van der Waals surface area (Å²) in [6, 6.07) is 32.4. The molecule has 3 heteroatoms. The number of fused-ring (bicyclic) bond motifs is 10. The summed E-state index contributed by atoms with van der Waals surface area (Å²) in [5.74, 6) is 0. The van der Waals surface area contributed by atoms with Gasteiger partial charge >= 0.3 is 0 Å². The van der Waals surface area contributed by atoms with Crippen LogP contribution in [-0.2, 0) is 0 Å². The molecule has 0 radical (unpaired) electrons. The lowest BCUT2D eigenvalue weighted by molar-refractivity contribution is 1.18. The van der Waals surface area contributed by atoms with Crippen molar-refractivity contribution in [1.82, 2.24) is 14.0 Å². The molecule has 0 atom stereocenters. The zero-order valence-corrected chi connectivity index (χ0v) is 16.2. The van der Waals surface area contributed by atoms with E-state index in [1.165, 1.54) is 49.2 Å². The molecule has 3 heterocycles. The van der Waals surface area contributed by atoms with Crippen molar-refractivity contribution in [3.63, 3.8) is 0 Å². The fourth-order valence-electron chi connectivity index (χ4n) is 4.97. The van der Waals surface area contributed by atoms with Crippen molar-refractivity contribution in [2.45, 2.75) is 0 Å². The quantitative estimate of drug-likeness (QED) is 0.288. The first-order valence-electron chi connectivity index (χ1n) is 10.2. The Morgan fingerprint density at radius 1 is 0.533 bits per heavy atom. The van der Waals surface area contributed by atoms with E-state index in [-0.39, 0.29) is 0 Å². The molecule has 0 saturated carbocycles. The summed E-state index contributed by atoms with van der Waals surface area (Å²) in [5.41, 5.74) is 5.77. The van der Waals surface area contributed by atoms with Crippen LogP contribution < -0.4 is 0 Å². The van der Waals surface area contributed by atoms with Gasteiger partial charge in [0.25, 0.3) is 0 Å². The van der Waals surface area contributed by atoms with Crippen LogP contribution in [0.1, 0.15) is 0 Å². The smallest absolute Gasteiger partial charge is 0.145 e. The predicted molar refractivity (Wildman–Crippen MR) is 125 cm³/mol. The molecule has 140 valence electrons. The molecule has 30 heavy (non-hydrogen) atoms. The Hall–Kier alpha value is -4.11. The van der Waals surface area contributed by atoms with E-state index in [1.54, 1.807) is 0 Å². The summed E-state index contributed by atoms with van der Waals surface area (Å²) < 4.78 is 4.57. The average molecular weight is 383 g/mol. The van der Waals surface area contributed by atoms with Crippen LogP contribution in [0.3, 0.4) is 0 Å². The summed E-state index contributed by atoms with van der Waals surface area (Å²) >= 11 is 0. The Labute approximate surface area is 172 Å². The fraction of sp³-hybridized carbons (Fsp3) is 0. The first-order valence-corrected chi connectivity index (χ1v) is 10.2. The Balaban J connectivity index is 1.82. The van der Waals surface area contributed by atoms with Gasteiger partial charge in [-0.15, -0.1) is 0 Å². The van der Waals surface area contributed by atoms with E-state index in [1.807, 2.05) is 6.20 Å². The largest absolute Gasteiger partial charge is 0.309 e. The number of rotatable bonds is 1. The van der Waals surface area contributed by atoms with E-state index < -0.39 is 0 Å². The van der Waals surface area contributed by atoms with Crippen LogP contribution in [0.5, 0.6) is 0 Å². The van der Waals surface area contributed by atoms with Crippen LogP contribution in [0.15, 0.2) is 103 Å². The van der Waals surface area contributed by atoms with Gasteiger partial charge < -0.3 is 4.57 Å². The van der Waals surface area contributed by atoms with Crippen molar-refractivity contribution in [2.24, 2.45) is 0 Å². The SMILES string of the molecule is c1ccc(-n2c3ccccc3c3c4c(ccc32)c2ccccc2n2ccnc42)cc1. The maximum Gasteiger partial charge on any atom is 0.145 e. The molecule has 4 aromatic carbocycles. The normalized spacial score (nSPS) is 12.0. The number of imidazole rings is 1. The molecule has 3 nitrogen and oxygen atoms in total. The van der Waals surface area contributed by atoms with Crippen LogP contribution in [0, 0.1) is 0 Å². The first-order chi connectivity index (χ1) is 14.9. The number of hydrogen-bond acceptors (Lipinski definition) is 1. The molecule has 0 unspecified atom stereocenters. The van der Waals surface area contributed by atoms with Crippen molar-refractivity contribution in [1.29, 1.82) is 0 Å². The van der Waals surface area contributed by atoms with Crippen LogP contribution in [0.25, 0.3) is 54.8 Å². The molecule has 0 aliphatic rings. The van der Waals surface area contributed by atoms with Gasteiger partial charge in [0.1, 0.15) is 5.65 Å². The van der Waals surface area contributed by atoms with Crippen molar-refractivity contribution < 1.29 is 0 Å². The van der Waals surface area contributed by atoms with Crippen LogP contribution in [-0.4, -0.2) is 14.0 Å². The maximum absolute atomic E-state index is 4.79.